The first kappa shape index (κ1) is 14.1. The average molecular weight is 301 g/mol. The van der Waals surface area contributed by atoms with Crippen molar-refractivity contribution >= 4 is 10.9 Å². The van der Waals surface area contributed by atoms with Gasteiger partial charge in [0.2, 0.25) is 0 Å². The first-order chi connectivity index (χ1) is 10.5. The van der Waals surface area contributed by atoms with Gasteiger partial charge >= 0.3 is 0 Å². The van der Waals surface area contributed by atoms with Gasteiger partial charge in [-0.2, -0.15) is 4.73 Å². The summed E-state index contributed by atoms with van der Waals surface area (Å²) in [5, 5.41) is 20.9. The Morgan fingerprint density at radius 1 is 1.09 bits per heavy atom. The fourth-order valence-corrected chi connectivity index (χ4v) is 2.86. The Kier molecular flexibility index (Phi) is 3.09. The summed E-state index contributed by atoms with van der Waals surface area (Å²) in [7, 11) is 2.94. The molecule has 0 saturated carbocycles. The minimum Gasteiger partial charge on any atom is -0.507 e. The van der Waals surface area contributed by atoms with Gasteiger partial charge in [0.25, 0.3) is 0 Å². The number of ether oxygens (including phenoxy) is 1. The van der Waals surface area contributed by atoms with Crippen LogP contribution >= 0.6 is 0 Å². The number of phenols is 2. The van der Waals surface area contributed by atoms with Crippen LogP contribution in [0, 0.1) is 6.92 Å². The normalized spacial score (nSPS) is 11.0. The molecule has 0 radical (unpaired) electrons. The highest BCUT2D eigenvalue weighted by Gasteiger charge is 2.24. The highest BCUT2D eigenvalue weighted by atomic mass is 16.6. The Labute approximate surface area is 126 Å². The van der Waals surface area contributed by atoms with Gasteiger partial charge < -0.3 is 19.8 Å². The van der Waals surface area contributed by atoms with Gasteiger partial charge in [0.05, 0.1) is 18.2 Å². The van der Waals surface area contributed by atoms with Gasteiger partial charge in [-0.3, -0.25) is 4.79 Å². The van der Waals surface area contributed by atoms with E-state index in [-0.39, 0.29) is 16.9 Å². The highest BCUT2D eigenvalue weighted by molar-refractivity contribution is 5.99. The van der Waals surface area contributed by atoms with Gasteiger partial charge in [-0.1, -0.05) is 0 Å². The van der Waals surface area contributed by atoms with E-state index < -0.39 is 0 Å². The number of nitrogens with zero attached hydrogens (tertiary/aromatic N) is 1. The molecule has 0 fully saturated rings. The number of aryl methyl sites for hydroxylation is 1. The number of aromatic nitrogens is 1. The van der Waals surface area contributed by atoms with Crippen molar-refractivity contribution in [3.8, 4) is 28.5 Å². The number of hydrogen-bond acceptors (Lipinski definition) is 5. The third kappa shape index (κ3) is 1.77. The molecule has 3 rings (SSSR count). The zero-order valence-electron chi connectivity index (χ0n) is 12.4. The average Bonchev–Trinajstić information content (AvgIpc) is 2.47. The maximum absolute atomic E-state index is 11.7. The second kappa shape index (κ2) is 4.84. The molecule has 22 heavy (non-hydrogen) atoms. The van der Waals surface area contributed by atoms with Crippen LogP contribution in [-0.2, 0) is 0 Å². The van der Waals surface area contributed by atoms with Gasteiger partial charge in [-0.25, -0.2) is 0 Å². The van der Waals surface area contributed by atoms with Crippen LogP contribution in [0.4, 0.5) is 0 Å². The lowest BCUT2D eigenvalue weighted by atomic mass is 9.97. The lowest BCUT2D eigenvalue weighted by Crippen LogP contribution is -2.16. The molecule has 2 N–H and O–H groups in total. The highest BCUT2D eigenvalue weighted by Crippen LogP contribution is 2.43. The number of fused-ring (bicyclic) bond motifs is 2. The van der Waals surface area contributed by atoms with Crippen LogP contribution in [0.1, 0.15) is 5.56 Å². The van der Waals surface area contributed by atoms with Crippen molar-refractivity contribution in [2.45, 2.75) is 6.92 Å². The molecule has 1 aliphatic carbocycles. The second-order valence-corrected chi connectivity index (χ2v) is 4.95. The number of phenolic OH excluding ortho intramolecular Hbond substituents is 2. The van der Waals surface area contributed by atoms with Crippen LogP contribution in [0.25, 0.3) is 22.2 Å². The first-order valence-corrected chi connectivity index (χ1v) is 6.62. The van der Waals surface area contributed by atoms with Gasteiger partial charge in [0, 0.05) is 17.7 Å². The Bertz CT molecular complexity index is 913. The summed E-state index contributed by atoms with van der Waals surface area (Å²) in [6.07, 6.45) is 0. The van der Waals surface area contributed by atoms with E-state index in [0.29, 0.717) is 33.5 Å². The molecular formula is C16H15NO5. The molecule has 0 saturated heterocycles. The minimum atomic E-state index is -0.339. The summed E-state index contributed by atoms with van der Waals surface area (Å²) in [6, 6.07) is 5.63. The van der Waals surface area contributed by atoms with Crippen molar-refractivity contribution in [1.29, 1.82) is 0 Å². The van der Waals surface area contributed by atoms with E-state index in [2.05, 4.69) is 0 Å². The number of rotatable bonds is 2. The lowest BCUT2D eigenvalue weighted by Gasteiger charge is -2.22. The third-order valence-corrected chi connectivity index (χ3v) is 3.76. The predicted molar refractivity (Wildman–Crippen MR) is 82.0 cm³/mol. The van der Waals surface area contributed by atoms with Crippen LogP contribution in [0.15, 0.2) is 29.1 Å². The van der Waals surface area contributed by atoms with Crippen molar-refractivity contribution in [1.82, 2.24) is 4.73 Å². The van der Waals surface area contributed by atoms with Crippen molar-refractivity contribution < 1.29 is 19.8 Å². The van der Waals surface area contributed by atoms with Crippen molar-refractivity contribution in [3.05, 3.63) is 40.1 Å². The summed E-state index contributed by atoms with van der Waals surface area (Å²) in [5.41, 5.74) is 1.62. The molecule has 6 nitrogen and oxygen atoms in total. The van der Waals surface area contributed by atoms with Gasteiger partial charge in [-0.15, -0.1) is 0 Å². The molecule has 1 aliphatic heterocycles. The maximum Gasteiger partial charge on any atom is 0.184 e. The summed E-state index contributed by atoms with van der Waals surface area (Å²) >= 11 is 0. The molecule has 0 atom stereocenters. The molecule has 114 valence electrons. The zero-order valence-corrected chi connectivity index (χ0v) is 12.4. The topological polar surface area (TPSA) is 80.9 Å². The van der Waals surface area contributed by atoms with E-state index in [4.69, 9.17) is 9.57 Å². The molecule has 1 aromatic carbocycles. The fourth-order valence-electron chi connectivity index (χ4n) is 2.86. The van der Waals surface area contributed by atoms with Crippen LogP contribution < -0.4 is 15.0 Å². The number of benzene rings is 2. The zero-order chi connectivity index (χ0) is 16.0. The van der Waals surface area contributed by atoms with Crippen LogP contribution in [0.3, 0.4) is 0 Å². The molecule has 1 aromatic rings. The van der Waals surface area contributed by atoms with E-state index in [1.54, 1.807) is 13.0 Å². The summed E-state index contributed by atoms with van der Waals surface area (Å²) < 4.78 is 6.71. The molecule has 2 aliphatic rings. The monoisotopic (exact) mass is 301 g/mol. The molecule has 0 bridgehead atoms. The SMILES string of the molecule is COc1ccc(O)c2c(C)c3c(O)cc(=O)cc-3n(OC)c12. The fraction of sp³-hybridized carbons (Fsp3) is 0.188. The summed E-state index contributed by atoms with van der Waals surface area (Å²) in [5.74, 6) is 0.358. The van der Waals surface area contributed by atoms with Crippen molar-refractivity contribution in [2.24, 2.45) is 0 Å². The lowest BCUT2D eigenvalue weighted by molar-refractivity contribution is 0.179. The predicted octanol–water partition coefficient (Wildman–Crippen LogP) is 1.89. The molecule has 0 amide bonds. The summed E-state index contributed by atoms with van der Waals surface area (Å²) in [4.78, 5) is 17.1. The van der Waals surface area contributed by atoms with Crippen LogP contribution in [0.5, 0.6) is 17.2 Å². The van der Waals surface area contributed by atoms with E-state index in [1.165, 1.54) is 31.1 Å². The molecule has 0 unspecified atom stereocenters. The smallest absolute Gasteiger partial charge is 0.184 e. The second-order valence-electron chi connectivity index (χ2n) is 4.95. The van der Waals surface area contributed by atoms with E-state index in [1.807, 2.05) is 0 Å². The third-order valence-electron chi connectivity index (χ3n) is 3.76. The molecule has 6 heteroatoms. The molecule has 0 aromatic heterocycles. The number of methoxy groups -OCH3 is 1. The molecule has 1 heterocycles. The number of hydrogen-bond donors (Lipinski definition) is 2. The quantitative estimate of drug-likeness (QED) is 0.707. The Balaban J connectivity index is 2.71. The molecule has 0 spiro atoms. The van der Waals surface area contributed by atoms with Crippen molar-refractivity contribution in [2.75, 3.05) is 14.2 Å². The van der Waals surface area contributed by atoms with E-state index in [9.17, 15) is 15.0 Å². The Morgan fingerprint density at radius 2 is 1.82 bits per heavy atom. The van der Waals surface area contributed by atoms with E-state index >= 15 is 0 Å². The van der Waals surface area contributed by atoms with Gasteiger partial charge in [-0.05, 0) is 24.6 Å². The first-order valence-electron chi connectivity index (χ1n) is 6.62. The van der Waals surface area contributed by atoms with Gasteiger partial charge in [0.1, 0.15) is 29.9 Å². The largest absolute Gasteiger partial charge is 0.507 e. The van der Waals surface area contributed by atoms with Gasteiger partial charge in [0.15, 0.2) is 5.43 Å². The summed E-state index contributed by atoms with van der Waals surface area (Å²) in [6.45, 7) is 1.76. The van der Waals surface area contributed by atoms with Crippen LogP contribution in [-0.4, -0.2) is 29.2 Å². The maximum atomic E-state index is 11.7. The molecular weight excluding hydrogens is 286 g/mol. The van der Waals surface area contributed by atoms with Crippen LogP contribution in [0.2, 0.25) is 0 Å². The number of pyridine rings is 1. The van der Waals surface area contributed by atoms with Crippen molar-refractivity contribution in [3.63, 3.8) is 0 Å². The number of aromatic hydroxyl groups is 2. The Morgan fingerprint density at radius 3 is 2.45 bits per heavy atom. The Hall–Kier alpha value is -2.89. The minimum absolute atomic E-state index is 0.0339. The van der Waals surface area contributed by atoms with E-state index in [0.717, 1.165) is 6.07 Å². The standard InChI is InChI=1S/C16H15NO5/c1-8-14-10(6-9(18)7-12(14)20)17(22-3)16-13(21-2)5-4-11(19)15(8)16/h4-7,19-20H,1-3H3.